The summed E-state index contributed by atoms with van der Waals surface area (Å²) in [5, 5.41) is 5.85. The summed E-state index contributed by atoms with van der Waals surface area (Å²) in [5.74, 6) is 0.470. The van der Waals surface area contributed by atoms with Gasteiger partial charge < -0.3 is 25.0 Å². The molecule has 0 saturated carbocycles. The average Bonchev–Trinajstić information content (AvgIpc) is 3.37. The second-order valence-corrected chi connectivity index (χ2v) is 9.42. The molecule has 3 aromatic rings. The third kappa shape index (κ3) is 6.20. The highest BCUT2D eigenvalue weighted by Gasteiger charge is 2.21. The Bertz CT molecular complexity index is 1340. The van der Waals surface area contributed by atoms with E-state index in [2.05, 4.69) is 10.6 Å². The van der Waals surface area contributed by atoms with E-state index < -0.39 is 0 Å². The number of rotatable bonds is 4. The van der Waals surface area contributed by atoms with Crippen LogP contribution in [0.25, 0.3) is 0 Å². The number of hydrogen-bond donors (Lipinski definition) is 2. The van der Waals surface area contributed by atoms with Gasteiger partial charge in [0, 0.05) is 49.3 Å². The lowest BCUT2D eigenvalue weighted by atomic mass is 9.99. The van der Waals surface area contributed by atoms with Crippen LogP contribution >= 0.6 is 0 Å². The minimum absolute atomic E-state index is 0.135. The van der Waals surface area contributed by atoms with E-state index in [-0.39, 0.29) is 17.7 Å². The van der Waals surface area contributed by atoms with Crippen LogP contribution in [0.1, 0.15) is 50.2 Å². The maximum atomic E-state index is 13.1. The van der Waals surface area contributed by atoms with E-state index in [1.54, 1.807) is 17.0 Å². The highest BCUT2D eigenvalue weighted by atomic mass is 16.5. The molecule has 1 fully saturated rings. The number of fused-ring (bicyclic) bond motifs is 3. The van der Waals surface area contributed by atoms with Gasteiger partial charge in [0.15, 0.2) is 0 Å². The zero-order valence-corrected chi connectivity index (χ0v) is 21.2. The molecule has 3 aromatic carbocycles. The first-order valence-corrected chi connectivity index (χ1v) is 12.9. The zero-order valence-electron chi connectivity index (χ0n) is 21.2. The summed E-state index contributed by atoms with van der Waals surface area (Å²) in [6.07, 6.45) is 1.95. The molecule has 2 aliphatic heterocycles. The van der Waals surface area contributed by atoms with Crippen molar-refractivity contribution in [2.75, 3.05) is 37.8 Å². The SMILES string of the molecule is O=C1NCCOCCOc2ccc(C(=O)NCc3cccc(N4CCCC4=O)c3)cc2Cc2cccc1c2. The van der Waals surface area contributed by atoms with Crippen LogP contribution in [-0.2, 0) is 22.5 Å². The molecule has 0 spiro atoms. The van der Waals surface area contributed by atoms with Crippen LogP contribution in [0.4, 0.5) is 5.69 Å². The average molecular weight is 514 g/mol. The van der Waals surface area contributed by atoms with Crippen molar-refractivity contribution < 1.29 is 23.9 Å². The second kappa shape index (κ2) is 11.9. The topological polar surface area (TPSA) is 97.0 Å². The van der Waals surface area contributed by atoms with Gasteiger partial charge in [0.05, 0.1) is 13.2 Å². The number of anilines is 1. The zero-order chi connectivity index (χ0) is 26.3. The summed E-state index contributed by atoms with van der Waals surface area (Å²) in [6, 6.07) is 20.6. The molecule has 0 radical (unpaired) electrons. The summed E-state index contributed by atoms with van der Waals surface area (Å²) in [6.45, 7) is 2.66. The van der Waals surface area contributed by atoms with E-state index in [0.717, 1.165) is 35.3 Å². The van der Waals surface area contributed by atoms with Crippen LogP contribution in [0.5, 0.6) is 5.75 Å². The van der Waals surface area contributed by atoms with Crippen molar-refractivity contribution in [1.82, 2.24) is 10.6 Å². The number of carbonyl (C=O) groups is 3. The lowest BCUT2D eigenvalue weighted by Gasteiger charge is -2.17. The molecule has 8 nitrogen and oxygen atoms in total. The third-order valence-electron chi connectivity index (χ3n) is 6.67. The molecule has 0 aromatic heterocycles. The second-order valence-electron chi connectivity index (χ2n) is 9.42. The lowest BCUT2D eigenvalue weighted by molar-refractivity contribution is -0.117. The number of ether oxygens (including phenoxy) is 2. The maximum absolute atomic E-state index is 13.1. The quantitative estimate of drug-likeness (QED) is 0.557. The largest absolute Gasteiger partial charge is 0.491 e. The molecule has 0 atom stereocenters. The van der Waals surface area contributed by atoms with Crippen molar-refractivity contribution >= 4 is 23.4 Å². The van der Waals surface area contributed by atoms with E-state index in [1.165, 1.54) is 0 Å². The number of nitrogens with zero attached hydrogens (tertiary/aromatic N) is 1. The van der Waals surface area contributed by atoms with Crippen LogP contribution in [0.2, 0.25) is 0 Å². The molecule has 2 aliphatic rings. The fraction of sp³-hybridized carbons (Fsp3) is 0.300. The van der Waals surface area contributed by atoms with Crippen molar-refractivity contribution in [3.8, 4) is 5.75 Å². The van der Waals surface area contributed by atoms with Gasteiger partial charge in [-0.1, -0.05) is 24.3 Å². The smallest absolute Gasteiger partial charge is 0.251 e. The number of carbonyl (C=O) groups excluding carboxylic acids is 3. The molecular weight excluding hydrogens is 482 g/mol. The third-order valence-corrected chi connectivity index (χ3v) is 6.67. The number of benzene rings is 3. The summed E-state index contributed by atoms with van der Waals surface area (Å²) in [4.78, 5) is 39.5. The van der Waals surface area contributed by atoms with Gasteiger partial charge in [-0.15, -0.1) is 0 Å². The van der Waals surface area contributed by atoms with Crippen molar-refractivity contribution in [2.24, 2.45) is 0 Å². The predicted octanol–water partition coefficient (Wildman–Crippen LogP) is 3.47. The fourth-order valence-electron chi connectivity index (χ4n) is 4.73. The Balaban J connectivity index is 1.32. The molecule has 5 rings (SSSR count). The van der Waals surface area contributed by atoms with Crippen LogP contribution in [0, 0.1) is 0 Å². The van der Waals surface area contributed by atoms with Crippen molar-refractivity contribution in [2.45, 2.75) is 25.8 Å². The molecule has 196 valence electrons. The maximum Gasteiger partial charge on any atom is 0.251 e. The first-order chi connectivity index (χ1) is 18.6. The number of amides is 3. The van der Waals surface area contributed by atoms with E-state index in [4.69, 9.17) is 9.47 Å². The van der Waals surface area contributed by atoms with Crippen LogP contribution in [0.3, 0.4) is 0 Å². The molecule has 2 N–H and O–H groups in total. The first kappa shape index (κ1) is 25.5. The normalized spacial score (nSPS) is 16.2. The molecule has 0 aliphatic carbocycles. The Morgan fingerprint density at radius 1 is 0.974 bits per heavy atom. The number of hydrogen-bond acceptors (Lipinski definition) is 5. The molecule has 0 unspecified atom stereocenters. The van der Waals surface area contributed by atoms with Gasteiger partial charge in [-0.05, 0) is 65.6 Å². The van der Waals surface area contributed by atoms with Crippen LogP contribution in [-0.4, -0.2) is 50.6 Å². The van der Waals surface area contributed by atoms with Gasteiger partial charge >= 0.3 is 0 Å². The van der Waals surface area contributed by atoms with Crippen molar-refractivity contribution in [1.29, 1.82) is 0 Å². The van der Waals surface area contributed by atoms with Gasteiger partial charge in [0.1, 0.15) is 12.4 Å². The van der Waals surface area contributed by atoms with Crippen molar-refractivity contribution in [3.05, 3.63) is 94.5 Å². The summed E-state index contributed by atoms with van der Waals surface area (Å²) < 4.78 is 11.5. The van der Waals surface area contributed by atoms with Gasteiger partial charge in [0.25, 0.3) is 11.8 Å². The summed E-state index contributed by atoms with van der Waals surface area (Å²) in [5.41, 5.74) is 4.68. The van der Waals surface area contributed by atoms with Gasteiger partial charge in [0.2, 0.25) is 5.91 Å². The predicted molar refractivity (Wildman–Crippen MR) is 144 cm³/mol. The highest BCUT2D eigenvalue weighted by molar-refractivity contribution is 5.96. The minimum Gasteiger partial charge on any atom is -0.491 e. The molecule has 1 saturated heterocycles. The first-order valence-electron chi connectivity index (χ1n) is 12.9. The van der Waals surface area contributed by atoms with E-state index in [9.17, 15) is 14.4 Å². The van der Waals surface area contributed by atoms with Crippen LogP contribution < -0.4 is 20.3 Å². The van der Waals surface area contributed by atoms with Crippen molar-refractivity contribution in [3.63, 3.8) is 0 Å². The molecular formula is C30H31N3O5. The molecule has 3 amide bonds. The summed E-state index contributed by atoms with van der Waals surface area (Å²) >= 11 is 0. The van der Waals surface area contributed by atoms with Gasteiger partial charge in [-0.25, -0.2) is 0 Å². The Morgan fingerprint density at radius 3 is 2.74 bits per heavy atom. The Morgan fingerprint density at radius 2 is 1.87 bits per heavy atom. The van der Waals surface area contributed by atoms with Crippen LogP contribution in [0.15, 0.2) is 66.7 Å². The highest BCUT2D eigenvalue weighted by Crippen LogP contribution is 2.25. The standard InChI is InChI=1S/C30H31N3O5/c34-28-8-3-12-33(28)26-7-2-5-22(18-26)20-32-30(36)24-9-10-27-25(19-24)17-21-4-1-6-23(16-21)29(35)31-11-13-37-14-15-38-27/h1-2,4-7,9-10,16,18-19H,3,8,11-15,17,20H2,(H,31,35)(H,32,36). The van der Waals surface area contributed by atoms with E-state index in [1.807, 2.05) is 54.6 Å². The van der Waals surface area contributed by atoms with Gasteiger partial charge in [-0.2, -0.15) is 0 Å². The Labute approximate surface area is 221 Å². The summed E-state index contributed by atoms with van der Waals surface area (Å²) in [7, 11) is 0. The molecule has 38 heavy (non-hydrogen) atoms. The van der Waals surface area contributed by atoms with E-state index >= 15 is 0 Å². The minimum atomic E-state index is -0.202. The molecule has 8 heteroatoms. The molecule has 2 heterocycles. The Kier molecular flexibility index (Phi) is 7.99. The monoisotopic (exact) mass is 513 g/mol. The fourth-order valence-corrected chi connectivity index (χ4v) is 4.73. The molecule has 2 bridgehead atoms. The number of nitrogens with one attached hydrogen (secondary N) is 2. The van der Waals surface area contributed by atoms with E-state index in [0.29, 0.717) is 62.6 Å². The lowest BCUT2D eigenvalue weighted by Crippen LogP contribution is -2.28. The van der Waals surface area contributed by atoms with Gasteiger partial charge in [-0.3, -0.25) is 14.4 Å². The Hall–Kier alpha value is -4.17.